The van der Waals surface area contributed by atoms with Crippen molar-refractivity contribution in [1.82, 2.24) is 9.97 Å². The molecular weight excluding hydrogens is 268 g/mol. The van der Waals surface area contributed by atoms with E-state index in [2.05, 4.69) is 39.6 Å². The summed E-state index contributed by atoms with van der Waals surface area (Å²) in [5.74, 6) is 0.899. The summed E-state index contributed by atoms with van der Waals surface area (Å²) >= 11 is 1.66. The van der Waals surface area contributed by atoms with Gasteiger partial charge in [0.1, 0.15) is 12.1 Å². The summed E-state index contributed by atoms with van der Waals surface area (Å²) in [5.41, 5.74) is 9.05. The van der Waals surface area contributed by atoms with Crippen LogP contribution in [0.2, 0.25) is 0 Å². The predicted octanol–water partition coefficient (Wildman–Crippen LogP) is 2.80. The number of hydrogen-bond acceptors (Lipinski definition) is 5. The van der Waals surface area contributed by atoms with Gasteiger partial charge in [0.05, 0.1) is 10.2 Å². The molecule has 102 valence electrons. The van der Waals surface area contributed by atoms with Gasteiger partial charge in [-0.15, -0.1) is 11.3 Å². The van der Waals surface area contributed by atoms with Crippen LogP contribution in [0.1, 0.15) is 11.1 Å². The molecule has 0 saturated heterocycles. The first-order valence-electron chi connectivity index (χ1n) is 6.57. The fourth-order valence-corrected chi connectivity index (χ4v) is 2.90. The van der Waals surface area contributed by atoms with Gasteiger partial charge in [0, 0.05) is 6.54 Å². The topological polar surface area (TPSA) is 63.8 Å². The molecule has 3 aromatic rings. The van der Waals surface area contributed by atoms with Gasteiger partial charge < -0.3 is 11.1 Å². The second-order valence-corrected chi connectivity index (χ2v) is 5.48. The van der Waals surface area contributed by atoms with Gasteiger partial charge in [-0.3, -0.25) is 0 Å². The van der Waals surface area contributed by atoms with Crippen molar-refractivity contribution in [3.05, 3.63) is 53.2 Å². The molecule has 0 aliphatic heterocycles. The molecule has 0 unspecified atom stereocenters. The molecule has 5 heteroatoms. The number of nitrogens with two attached hydrogens (primary N) is 1. The van der Waals surface area contributed by atoms with Gasteiger partial charge in [0.2, 0.25) is 0 Å². The monoisotopic (exact) mass is 284 g/mol. The van der Waals surface area contributed by atoms with Gasteiger partial charge in [0.25, 0.3) is 0 Å². The van der Waals surface area contributed by atoms with Crippen LogP contribution < -0.4 is 11.1 Å². The summed E-state index contributed by atoms with van der Waals surface area (Å²) in [7, 11) is 0. The second kappa shape index (κ2) is 5.98. The van der Waals surface area contributed by atoms with Crippen LogP contribution in [0.25, 0.3) is 10.2 Å². The lowest BCUT2D eigenvalue weighted by Crippen LogP contribution is -2.04. The lowest BCUT2D eigenvalue weighted by atomic mass is 10.1. The van der Waals surface area contributed by atoms with Crippen LogP contribution in [-0.2, 0) is 13.0 Å². The zero-order chi connectivity index (χ0) is 13.8. The molecular formula is C15H16N4S. The summed E-state index contributed by atoms with van der Waals surface area (Å²) in [4.78, 5) is 8.55. The molecule has 0 aliphatic carbocycles. The minimum atomic E-state index is 0.689. The molecule has 0 spiro atoms. The van der Waals surface area contributed by atoms with Gasteiger partial charge in [-0.25, -0.2) is 9.97 Å². The highest BCUT2D eigenvalue weighted by Gasteiger charge is 2.04. The van der Waals surface area contributed by atoms with Gasteiger partial charge in [-0.05, 0) is 35.5 Å². The molecule has 2 heterocycles. The van der Waals surface area contributed by atoms with Crippen molar-refractivity contribution < 1.29 is 0 Å². The predicted molar refractivity (Wildman–Crippen MR) is 83.9 cm³/mol. The zero-order valence-electron chi connectivity index (χ0n) is 11.0. The van der Waals surface area contributed by atoms with Crippen molar-refractivity contribution in [3.63, 3.8) is 0 Å². The number of nitrogens with zero attached hydrogens (tertiary/aromatic N) is 2. The lowest BCUT2D eigenvalue weighted by molar-refractivity contribution is 0.966. The summed E-state index contributed by atoms with van der Waals surface area (Å²) in [6.07, 6.45) is 2.52. The van der Waals surface area contributed by atoms with E-state index in [4.69, 9.17) is 5.73 Å². The number of nitrogens with one attached hydrogen (secondary N) is 1. The largest absolute Gasteiger partial charge is 0.365 e. The summed E-state index contributed by atoms with van der Waals surface area (Å²) < 4.78 is 1.10. The SMILES string of the molecule is NCCc1ccc(CNc2ncnc3ccsc23)cc1. The van der Waals surface area contributed by atoms with Crippen LogP contribution in [0.3, 0.4) is 0 Å². The summed E-state index contributed by atoms with van der Waals surface area (Å²) in [6.45, 7) is 1.45. The van der Waals surface area contributed by atoms with Gasteiger partial charge in [-0.1, -0.05) is 24.3 Å². The van der Waals surface area contributed by atoms with E-state index >= 15 is 0 Å². The Hall–Kier alpha value is -1.98. The number of rotatable bonds is 5. The molecule has 1 aromatic carbocycles. The molecule has 0 atom stereocenters. The van der Waals surface area contributed by atoms with Gasteiger partial charge in [-0.2, -0.15) is 0 Å². The maximum Gasteiger partial charge on any atom is 0.147 e. The highest BCUT2D eigenvalue weighted by Crippen LogP contribution is 2.25. The number of hydrogen-bond donors (Lipinski definition) is 2. The number of benzene rings is 1. The van der Waals surface area contributed by atoms with Gasteiger partial charge in [0.15, 0.2) is 0 Å². The third-order valence-electron chi connectivity index (χ3n) is 3.16. The molecule has 4 nitrogen and oxygen atoms in total. The van der Waals surface area contributed by atoms with Crippen molar-refractivity contribution in [3.8, 4) is 0 Å². The van der Waals surface area contributed by atoms with Crippen LogP contribution in [0.15, 0.2) is 42.0 Å². The Morgan fingerprint density at radius 1 is 1.05 bits per heavy atom. The molecule has 0 fully saturated rings. The van der Waals surface area contributed by atoms with Crippen molar-refractivity contribution in [2.45, 2.75) is 13.0 Å². The molecule has 0 saturated carbocycles. The molecule has 3 N–H and O–H groups in total. The van der Waals surface area contributed by atoms with Crippen LogP contribution in [-0.4, -0.2) is 16.5 Å². The van der Waals surface area contributed by atoms with E-state index in [1.807, 2.05) is 11.4 Å². The Morgan fingerprint density at radius 2 is 1.85 bits per heavy atom. The van der Waals surface area contributed by atoms with Crippen molar-refractivity contribution in [2.24, 2.45) is 5.73 Å². The van der Waals surface area contributed by atoms with Crippen molar-refractivity contribution in [1.29, 1.82) is 0 Å². The quantitative estimate of drug-likeness (QED) is 0.756. The highest BCUT2D eigenvalue weighted by atomic mass is 32.1. The maximum absolute atomic E-state index is 5.55. The Morgan fingerprint density at radius 3 is 2.65 bits per heavy atom. The lowest BCUT2D eigenvalue weighted by Gasteiger charge is -2.07. The number of anilines is 1. The van der Waals surface area contributed by atoms with E-state index in [0.29, 0.717) is 6.54 Å². The minimum Gasteiger partial charge on any atom is -0.365 e. The van der Waals surface area contributed by atoms with E-state index in [-0.39, 0.29) is 0 Å². The van der Waals surface area contributed by atoms with E-state index in [9.17, 15) is 0 Å². The molecule has 0 radical (unpaired) electrons. The van der Waals surface area contributed by atoms with E-state index in [1.54, 1.807) is 17.7 Å². The molecule has 3 rings (SSSR count). The number of thiophene rings is 1. The first-order chi connectivity index (χ1) is 9.86. The summed E-state index contributed by atoms with van der Waals surface area (Å²) in [6, 6.07) is 10.5. The standard InChI is InChI=1S/C15H16N4S/c16-7-5-11-1-3-12(4-2-11)9-17-15-14-13(6-8-20-14)18-10-19-15/h1-4,6,8,10H,5,7,9,16H2,(H,17,18,19). The Balaban J connectivity index is 1.71. The third kappa shape index (κ3) is 2.79. The first-order valence-corrected chi connectivity index (χ1v) is 7.45. The van der Waals surface area contributed by atoms with Crippen molar-refractivity contribution in [2.75, 3.05) is 11.9 Å². The van der Waals surface area contributed by atoms with Crippen LogP contribution in [0.4, 0.5) is 5.82 Å². The summed E-state index contributed by atoms with van der Waals surface area (Å²) in [5, 5.41) is 5.41. The molecule has 20 heavy (non-hydrogen) atoms. The van der Waals surface area contributed by atoms with Crippen LogP contribution >= 0.6 is 11.3 Å². The molecule has 0 bridgehead atoms. The zero-order valence-corrected chi connectivity index (χ0v) is 11.9. The number of aromatic nitrogens is 2. The Kier molecular flexibility index (Phi) is 3.90. The normalized spacial score (nSPS) is 10.8. The maximum atomic E-state index is 5.55. The van der Waals surface area contributed by atoms with Crippen molar-refractivity contribution >= 4 is 27.4 Å². The molecule has 0 amide bonds. The third-order valence-corrected chi connectivity index (χ3v) is 4.07. The smallest absolute Gasteiger partial charge is 0.147 e. The fourth-order valence-electron chi connectivity index (χ4n) is 2.09. The Bertz CT molecular complexity index is 690. The first kappa shape index (κ1) is 13.0. The van der Waals surface area contributed by atoms with Gasteiger partial charge >= 0.3 is 0 Å². The van der Waals surface area contributed by atoms with E-state index in [0.717, 1.165) is 29.0 Å². The molecule has 0 aliphatic rings. The number of fused-ring (bicyclic) bond motifs is 1. The average molecular weight is 284 g/mol. The van der Waals surface area contributed by atoms with Crippen LogP contribution in [0.5, 0.6) is 0 Å². The Labute approximate surface area is 121 Å². The van der Waals surface area contributed by atoms with E-state index in [1.165, 1.54) is 11.1 Å². The highest BCUT2D eigenvalue weighted by molar-refractivity contribution is 7.17. The average Bonchev–Trinajstić information content (AvgIpc) is 2.96. The van der Waals surface area contributed by atoms with Crippen LogP contribution in [0, 0.1) is 0 Å². The fraction of sp³-hybridized carbons (Fsp3) is 0.200. The second-order valence-electron chi connectivity index (χ2n) is 4.57. The van der Waals surface area contributed by atoms with E-state index < -0.39 is 0 Å². The minimum absolute atomic E-state index is 0.689. The molecule has 2 aromatic heterocycles.